The second-order valence-electron chi connectivity index (χ2n) is 5.90. The molecule has 0 unspecified atom stereocenters. The highest BCUT2D eigenvalue weighted by Crippen LogP contribution is 2.31. The number of rotatable bonds is 6. The molecule has 1 atom stereocenters. The van der Waals surface area contributed by atoms with Crippen molar-refractivity contribution in [3.8, 4) is 5.88 Å². The quantitative estimate of drug-likeness (QED) is 0.798. The van der Waals surface area contributed by atoms with Gasteiger partial charge in [0, 0.05) is 18.3 Å². The molecule has 0 radical (unpaired) electrons. The van der Waals surface area contributed by atoms with E-state index in [2.05, 4.69) is 35.0 Å². The zero-order valence-electron chi connectivity index (χ0n) is 13.2. The summed E-state index contributed by atoms with van der Waals surface area (Å²) >= 11 is 0. The molecule has 2 heterocycles. The molecule has 1 aliphatic heterocycles. The molecule has 2 aromatic rings. The van der Waals surface area contributed by atoms with Crippen LogP contribution < -0.4 is 4.74 Å². The lowest BCUT2D eigenvalue weighted by Gasteiger charge is -2.24. The van der Waals surface area contributed by atoms with Crippen molar-refractivity contribution < 1.29 is 4.74 Å². The molecule has 22 heavy (non-hydrogen) atoms. The third-order valence-corrected chi connectivity index (χ3v) is 4.25. The maximum atomic E-state index is 5.76. The van der Waals surface area contributed by atoms with Crippen molar-refractivity contribution in [2.24, 2.45) is 0 Å². The Morgan fingerprint density at radius 2 is 2.05 bits per heavy atom. The van der Waals surface area contributed by atoms with Gasteiger partial charge in [0.25, 0.3) is 0 Å². The van der Waals surface area contributed by atoms with Crippen LogP contribution in [0.2, 0.25) is 0 Å². The zero-order valence-corrected chi connectivity index (χ0v) is 13.2. The first-order chi connectivity index (χ1) is 10.9. The van der Waals surface area contributed by atoms with E-state index in [-0.39, 0.29) is 0 Å². The number of nitrogens with zero attached hydrogens (tertiary/aromatic N) is 2. The average molecular weight is 296 g/mol. The molecule has 3 heteroatoms. The Hall–Kier alpha value is -1.87. The van der Waals surface area contributed by atoms with E-state index in [9.17, 15) is 0 Å². The zero-order chi connectivity index (χ0) is 15.2. The second kappa shape index (κ2) is 7.41. The van der Waals surface area contributed by atoms with Crippen molar-refractivity contribution in [1.29, 1.82) is 0 Å². The molecule has 1 aliphatic rings. The standard InChI is InChI=1S/C19H24N2O/c1-2-12-21-13-6-9-18(21)17-10-11-19(20-14-17)22-15-16-7-4-3-5-8-16/h3-5,7-8,10-11,14,18H,2,6,9,12-13,15H2,1H3/t18-/m1/s1. The van der Waals surface area contributed by atoms with E-state index in [1.54, 1.807) is 0 Å². The Balaban J connectivity index is 1.60. The molecule has 0 saturated carbocycles. The van der Waals surface area contributed by atoms with Crippen molar-refractivity contribution >= 4 is 0 Å². The predicted octanol–water partition coefficient (Wildman–Crippen LogP) is 4.21. The minimum Gasteiger partial charge on any atom is -0.473 e. The number of benzene rings is 1. The van der Waals surface area contributed by atoms with Crippen LogP contribution in [0.3, 0.4) is 0 Å². The summed E-state index contributed by atoms with van der Waals surface area (Å²) in [5.74, 6) is 0.702. The first-order valence-corrected chi connectivity index (χ1v) is 8.23. The molecule has 0 spiro atoms. The van der Waals surface area contributed by atoms with Crippen LogP contribution in [0.25, 0.3) is 0 Å². The van der Waals surface area contributed by atoms with Gasteiger partial charge in [-0.1, -0.05) is 43.3 Å². The number of hydrogen-bond donors (Lipinski definition) is 0. The molecule has 0 aliphatic carbocycles. The van der Waals surface area contributed by atoms with Gasteiger partial charge < -0.3 is 4.74 Å². The molecule has 0 amide bonds. The number of aromatic nitrogens is 1. The molecule has 0 N–H and O–H groups in total. The summed E-state index contributed by atoms with van der Waals surface area (Å²) in [7, 11) is 0. The van der Waals surface area contributed by atoms with Crippen molar-refractivity contribution in [3.05, 3.63) is 59.8 Å². The Morgan fingerprint density at radius 1 is 1.18 bits per heavy atom. The molecule has 116 valence electrons. The molecular weight excluding hydrogens is 272 g/mol. The number of hydrogen-bond acceptors (Lipinski definition) is 3. The first-order valence-electron chi connectivity index (χ1n) is 8.23. The fourth-order valence-corrected chi connectivity index (χ4v) is 3.16. The lowest BCUT2D eigenvalue weighted by molar-refractivity contribution is 0.256. The summed E-state index contributed by atoms with van der Waals surface area (Å²) < 4.78 is 5.76. The lowest BCUT2D eigenvalue weighted by atomic mass is 10.1. The smallest absolute Gasteiger partial charge is 0.213 e. The SMILES string of the molecule is CCCN1CCC[C@@H]1c1ccc(OCc2ccccc2)nc1. The molecule has 1 aromatic carbocycles. The molecular formula is C19H24N2O. The van der Waals surface area contributed by atoms with Gasteiger partial charge in [0.1, 0.15) is 6.61 Å². The Bertz CT molecular complexity index is 568. The van der Waals surface area contributed by atoms with Crippen molar-refractivity contribution in [1.82, 2.24) is 9.88 Å². The third-order valence-electron chi connectivity index (χ3n) is 4.25. The van der Waals surface area contributed by atoms with E-state index in [0.717, 1.165) is 0 Å². The van der Waals surface area contributed by atoms with Gasteiger partial charge in [-0.3, -0.25) is 4.90 Å². The van der Waals surface area contributed by atoms with E-state index >= 15 is 0 Å². The topological polar surface area (TPSA) is 25.4 Å². The van der Waals surface area contributed by atoms with Crippen molar-refractivity contribution in [3.63, 3.8) is 0 Å². The van der Waals surface area contributed by atoms with Crippen LogP contribution in [0.15, 0.2) is 48.7 Å². The molecule has 3 nitrogen and oxygen atoms in total. The highest BCUT2D eigenvalue weighted by Gasteiger charge is 2.25. The van der Waals surface area contributed by atoms with E-state index in [0.29, 0.717) is 18.5 Å². The van der Waals surface area contributed by atoms with Crippen LogP contribution in [-0.4, -0.2) is 23.0 Å². The van der Waals surface area contributed by atoms with Gasteiger partial charge in [-0.05, 0) is 43.5 Å². The summed E-state index contributed by atoms with van der Waals surface area (Å²) in [4.78, 5) is 7.05. The summed E-state index contributed by atoms with van der Waals surface area (Å²) in [6.45, 7) is 5.20. The van der Waals surface area contributed by atoms with Gasteiger partial charge in [-0.2, -0.15) is 0 Å². The minimum atomic E-state index is 0.538. The Morgan fingerprint density at radius 3 is 2.77 bits per heavy atom. The van der Waals surface area contributed by atoms with E-state index in [4.69, 9.17) is 4.74 Å². The maximum Gasteiger partial charge on any atom is 0.213 e. The molecule has 0 bridgehead atoms. The maximum absolute atomic E-state index is 5.76. The summed E-state index contributed by atoms with van der Waals surface area (Å²) in [5.41, 5.74) is 2.48. The van der Waals surface area contributed by atoms with Crippen LogP contribution in [0, 0.1) is 0 Å². The summed E-state index contributed by atoms with van der Waals surface area (Å²) in [6.07, 6.45) is 5.73. The average Bonchev–Trinajstić information content (AvgIpc) is 3.03. The summed E-state index contributed by atoms with van der Waals surface area (Å²) in [6, 6.07) is 14.9. The van der Waals surface area contributed by atoms with Crippen LogP contribution >= 0.6 is 0 Å². The highest BCUT2D eigenvalue weighted by atomic mass is 16.5. The second-order valence-corrected chi connectivity index (χ2v) is 5.90. The van der Waals surface area contributed by atoms with Gasteiger partial charge in [0.15, 0.2) is 0 Å². The normalized spacial score (nSPS) is 18.5. The van der Waals surface area contributed by atoms with Crippen LogP contribution in [0.4, 0.5) is 0 Å². The predicted molar refractivity (Wildman–Crippen MR) is 88.9 cm³/mol. The fourth-order valence-electron chi connectivity index (χ4n) is 3.16. The van der Waals surface area contributed by atoms with Crippen LogP contribution in [0.1, 0.15) is 43.4 Å². The number of ether oxygens (including phenoxy) is 1. The first kappa shape index (κ1) is 15.0. The van der Waals surface area contributed by atoms with E-state index < -0.39 is 0 Å². The Kier molecular flexibility index (Phi) is 5.07. The lowest BCUT2D eigenvalue weighted by Crippen LogP contribution is -2.24. The van der Waals surface area contributed by atoms with Crippen LogP contribution in [-0.2, 0) is 6.61 Å². The van der Waals surface area contributed by atoms with E-state index in [1.807, 2.05) is 30.5 Å². The molecule has 1 saturated heterocycles. The highest BCUT2D eigenvalue weighted by molar-refractivity contribution is 5.22. The van der Waals surface area contributed by atoms with Gasteiger partial charge >= 0.3 is 0 Å². The molecule has 1 fully saturated rings. The van der Waals surface area contributed by atoms with Gasteiger partial charge in [0.2, 0.25) is 5.88 Å². The van der Waals surface area contributed by atoms with Gasteiger partial charge in [-0.25, -0.2) is 4.98 Å². The molecule has 1 aromatic heterocycles. The third kappa shape index (κ3) is 3.66. The Labute approximate surface area is 132 Å². The van der Waals surface area contributed by atoms with Crippen molar-refractivity contribution in [2.45, 2.75) is 38.8 Å². The van der Waals surface area contributed by atoms with Crippen molar-refractivity contribution in [2.75, 3.05) is 13.1 Å². The summed E-state index contributed by atoms with van der Waals surface area (Å²) in [5, 5.41) is 0. The van der Waals surface area contributed by atoms with Crippen LogP contribution in [0.5, 0.6) is 5.88 Å². The fraction of sp³-hybridized carbons (Fsp3) is 0.421. The number of pyridine rings is 1. The monoisotopic (exact) mass is 296 g/mol. The van der Waals surface area contributed by atoms with Gasteiger partial charge in [0.05, 0.1) is 0 Å². The number of likely N-dealkylation sites (tertiary alicyclic amines) is 1. The van der Waals surface area contributed by atoms with E-state index in [1.165, 1.54) is 43.5 Å². The minimum absolute atomic E-state index is 0.538. The van der Waals surface area contributed by atoms with Gasteiger partial charge in [-0.15, -0.1) is 0 Å². The largest absolute Gasteiger partial charge is 0.473 e. The molecule has 3 rings (SSSR count).